The molecule has 0 radical (unpaired) electrons. The van der Waals surface area contributed by atoms with Crippen molar-refractivity contribution in [2.45, 2.75) is 26.8 Å². The first-order valence-electron chi connectivity index (χ1n) is 9.47. The van der Waals surface area contributed by atoms with Crippen LogP contribution in [0.5, 0.6) is 11.5 Å². The normalized spacial score (nSPS) is 16.4. The molecule has 2 aromatic rings. The van der Waals surface area contributed by atoms with Gasteiger partial charge in [0.15, 0.2) is 11.5 Å². The molecule has 0 unspecified atom stereocenters. The second kappa shape index (κ2) is 8.68. The van der Waals surface area contributed by atoms with E-state index in [0.717, 1.165) is 0 Å². The van der Waals surface area contributed by atoms with Gasteiger partial charge in [-0.15, -0.1) is 0 Å². The fraction of sp³-hybridized carbons (Fsp3) is 0.273. The molecule has 1 aliphatic rings. The Kier molecular flexibility index (Phi) is 6.07. The van der Waals surface area contributed by atoms with Gasteiger partial charge in [-0.1, -0.05) is 24.3 Å². The maximum atomic E-state index is 12.9. The lowest BCUT2D eigenvalue weighted by Crippen LogP contribution is -2.48. The molecular formula is C22H24N2O5. The molecule has 0 aliphatic carbocycles. The fourth-order valence-corrected chi connectivity index (χ4v) is 3.34. The van der Waals surface area contributed by atoms with Gasteiger partial charge in [0.05, 0.1) is 30.5 Å². The van der Waals surface area contributed by atoms with Crippen LogP contribution in [0.4, 0.5) is 10.5 Å². The summed E-state index contributed by atoms with van der Waals surface area (Å²) in [6, 6.07) is 12.7. The summed E-state index contributed by atoms with van der Waals surface area (Å²) in [7, 11) is 0. The Bertz CT molecular complexity index is 939. The molecule has 2 aromatic carbocycles. The molecule has 7 heteroatoms. The quantitative estimate of drug-likeness (QED) is 0.723. The number of rotatable bonds is 6. The van der Waals surface area contributed by atoms with Gasteiger partial charge in [-0.2, -0.15) is 0 Å². The lowest BCUT2D eigenvalue weighted by atomic mass is 9.94. The van der Waals surface area contributed by atoms with Gasteiger partial charge in [0, 0.05) is 5.70 Å². The van der Waals surface area contributed by atoms with Crippen molar-refractivity contribution in [3.8, 4) is 11.5 Å². The van der Waals surface area contributed by atoms with Crippen LogP contribution in [0.1, 0.15) is 32.4 Å². The summed E-state index contributed by atoms with van der Waals surface area (Å²) in [6.45, 7) is 5.83. The Labute approximate surface area is 169 Å². The number of amides is 2. The second-order valence-electron chi connectivity index (χ2n) is 6.43. The Morgan fingerprint density at radius 3 is 2.52 bits per heavy atom. The van der Waals surface area contributed by atoms with Crippen molar-refractivity contribution in [2.24, 2.45) is 0 Å². The minimum atomic E-state index is -0.735. The van der Waals surface area contributed by atoms with Gasteiger partial charge >= 0.3 is 12.0 Å². The molecule has 2 amide bonds. The molecule has 3 rings (SSSR count). The first-order valence-corrected chi connectivity index (χ1v) is 9.47. The highest BCUT2D eigenvalue weighted by Gasteiger charge is 2.37. The van der Waals surface area contributed by atoms with Crippen LogP contribution in [0.3, 0.4) is 0 Å². The fourth-order valence-electron chi connectivity index (χ4n) is 3.34. The van der Waals surface area contributed by atoms with E-state index in [2.05, 4.69) is 5.32 Å². The Morgan fingerprint density at radius 2 is 1.86 bits per heavy atom. The van der Waals surface area contributed by atoms with Crippen LogP contribution >= 0.6 is 0 Å². The molecular weight excluding hydrogens is 372 g/mol. The lowest BCUT2D eigenvalue weighted by molar-refractivity contribution is -0.139. The number of hydrogen-bond donors (Lipinski definition) is 2. The average molecular weight is 396 g/mol. The second-order valence-corrected chi connectivity index (χ2v) is 6.43. The molecule has 7 nitrogen and oxygen atoms in total. The van der Waals surface area contributed by atoms with Gasteiger partial charge in [0.2, 0.25) is 0 Å². The van der Waals surface area contributed by atoms with Crippen LogP contribution < -0.4 is 15.0 Å². The smallest absolute Gasteiger partial charge is 0.338 e. The predicted octanol–water partition coefficient (Wildman–Crippen LogP) is 3.90. The number of ether oxygens (including phenoxy) is 2. The minimum Gasteiger partial charge on any atom is -0.504 e. The van der Waals surface area contributed by atoms with Crippen LogP contribution in [0.25, 0.3) is 0 Å². The minimum absolute atomic E-state index is 0.0120. The number of para-hydroxylation sites is 1. The SMILES string of the molecule is CCOC(=O)C1=C(C)N(c2ccccc2)C(=O)N[C@H]1c1ccc(O)c(OCC)c1. The highest BCUT2D eigenvalue weighted by atomic mass is 16.5. The first kappa shape index (κ1) is 20.3. The van der Waals surface area contributed by atoms with Crippen LogP contribution in [0.15, 0.2) is 59.8 Å². The maximum Gasteiger partial charge on any atom is 0.338 e. The molecule has 1 heterocycles. The number of allylic oxidation sites excluding steroid dienone is 1. The molecule has 2 N–H and O–H groups in total. The van der Waals surface area contributed by atoms with Crippen LogP contribution in [0, 0.1) is 0 Å². The molecule has 0 saturated heterocycles. The van der Waals surface area contributed by atoms with E-state index in [0.29, 0.717) is 29.1 Å². The van der Waals surface area contributed by atoms with Crippen LogP contribution in [-0.2, 0) is 9.53 Å². The molecule has 0 fully saturated rings. The summed E-state index contributed by atoms with van der Waals surface area (Å²) in [4.78, 5) is 27.2. The van der Waals surface area contributed by atoms with E-state index in [9.17, 15) is 14.7 Å². The van der Waals surface area contributed by atoms with E-state index in [-0.39, 0.29) is 24.1 Å². The number of carbonyl (C=O) groups is 2. The number of aromatic hydroxyl groups is 1. The third kappa shape index (κ3) is 4.03. The predicted molar refractivity (Wildman–Crippen MR) is 109 cm³/mol. The van der Waals surface area contributed by atoms with Gasteiger partial charge in [0.1, 0.15) is 0 Å². The number of hydrogen-bond acceptors (Lipinski definition) is 5. The Balaban J connectivity index is 2.12. The Hall–Kier alpha value is -3.48. The van der Waals surface area contributed by atoms with E-state index in [1.54, 1.807) is 45.0 Å². The highest BCUT2D eigenvalue weighted by Crippen LogP contribution is 2.37. The average Bonchev–Trinajstić information content (AvgIpc) is 2.70. The largest absolute Gasteiger partial charge is 0.504 e. The number of nitrogens with one attached hydrogen (secondary N) is 1. The van der Waals surface area contributed by atoms with Crippen molar-refractivity contribution in [1.82, 2.24) is 5.32 Å². The van der Waals surface area contributed by atoms with Gasteiger partial charge < -0.3 is 19.9 Å². The van der Waals surface area contributed by atoms with Gasteiger partial charge in [-0.25, -0.2) is 9.59 Å². The van der Waals surface area contributed by atoms with Crippen molar-refractivity contribution in [1.29, 1.82) is 0 Å². The topological polar surface area (TPSA) is 88.1 Å². The highest BCUT2D eigenvalue weighted by molar-refractivity contribution is 6.03. The number of esters is 1. The van der Waals surface area contributed by atoms with Gasteiger partial charge in [0.25, 0.3) is 0 Å². The van der Waals surface area contributed by atoms with Crippen molar-refractivity contribution in [3.63, 3.8) is 0 Å². The number of urea groups is 1. The monoisotopic (exact) mass is 396 g/mol. The molecule has 0 aromatic heterocycles. The molecule has 29 heavy (non-hydrogen) atoms. The van der Waals surface area contributed by atoms with E-state index in [1.807, 2.05) is 18.2 Å². The molecule has 0 bridgehead atoms. The molecule has 0 saturated carbocycles. The number of phenolic OH excluding ortho intramolecular Hbond substituents is 1. The van der Waals surface area contributed by atoms with E-state index >= 15 is 0 Å². The van der Waals surface area contributed by atoms with Crippen LogP contribution in [-0.4, -0.2) is 30.3 Å². The summed E-state index contributed by atoms with van der Waals surface area (Å²) in [5.74, 6) is -0.241. The molecule has 0 spiro atoms. The number of nitrogens with zero attached hydrogens (tertiary/aromatic N) is 1. The van der Waals surface area contributed by atoms with Crippen molar-refractivity contribution in [3.05, 3.63) is 65.4 Å². The van der Waals surface area contributed by atoms with Gasteiger partial charge in [-0.3, -0.25) is 4.90 Å². The zero-order chi connectivity index (χ0) is 21.0. The Morgan fingerprint density at radius 1 is 1.14 bits per heavy atom. The number of benzene rings is 2. The van der Waals surface area contributed by atoms with E-state index < -0.39 is 12.0 Å². The molecule has 152 valence electrons. The number of phenols is 1. The maximum absolute atomic E-state index is 12.9. The zero-order valence-electron chi connectivity index (χ0n) is 16.6. The summed E-state index contributed by atoms with van der Waals surface area (Å²) >= 11 is 0. The van der Waals surface area contributed by atoms with Crippen molar-refractivity contribution in [2.75, 3.05) is 18.1 Å². The zero-order valence-corrected chi connectivity index (χ0v) is 16.6. The molecule has 1 atom stereocenters. The van der Waals surface area contributed by atoms with E-state index in [4.69, 9.17) is 9.47 Å². The van der Waals surface area contributed by atoms with Crippen LogP contribution in [0.2, 0.25) is 0 Å². The van der Waals surface area contributed by atoms with Crippen molar-refractivity contribution < 1.29 is 24.2 Å². The first-order chi connectivity index (χ1) is 14.0. The molecule has 1 aliphatic heterocycles. The number of anilines is 1. The number of carbonyl (C=O) groups excluding carboxylic acids is 2. The third-order valence-corrected chi connectivity index (χ3v) is 4.61. The van der Waals surface area contributed by atoms with Crippen molar-refractivity contribution >= 4 is 17.7 Å². The summed E-state index contributed by atoms with van der Waals surface area (Å²) in [6.07, 6.45) is 0. The summed E-state index contributed by atoms with van der Waals surface area (Å²) in [5.41, 5.74) is 2.05. The third-order valence-electron chi connectivity index (χ3n) is 4.61. The lowest BCUT2D eigenvalue weighted by Gasteiger charge is -2.35. The van der Waals surface area contributed by atoms with Gasteiger partial charge in [-0.05, 0) is 50.6 Å². The van der Waals surface area contributed by atoms with E-state index in [1.165, 1.54) is 11.0 Å². The summed E-state index contributed by atoms with van der Waals surface area (Å²) in [5, 5.41) is 12.9. The summed E-state index contributed by atoms with van der Waals surface area (Å²) < 4.78 is 10.7. The standard InChI is InChI=1S/C22H24N2O5/c1-4-28-18-13-15(11-12-17(18)25)20-19(21(26)29-5-2)14(3)24(22(27)23-20)16-9-7-6-8-10-16/h6-13,20,25H,4-5H2,1-3H3,(H,23,27)/t20-/m0/s1.